The molecular weight excluding hydrogens is 188 g/mol. The van der Waals surface area contributed by atoms with Crippen molar-refractivity contribution in [3.05, 3.63) is 24.3 Å². The summed E-state index contributed by atoms with van der Waals surface area (Å²) in [7, 11) is 1.65. The Morgan fingerprint density at radius 1 is 1.46 bits per heavy atom. The molecule has 0 aliphatic carbocycles. The topological polar surface area (TPSA) is 44.2 Å². The normalized spacial score (nSPS) is 10.2. The molecule has 4 nitrogen and oxygen atoms in total. The quantitative estimate of drug-likeness (QED) is 0.511. The van der Waals surface area contributed by atoms with Crippen LogP contribution in [0.5, 0.6) is 0 Å². The molecule has 72 valence electrons. The molecule has 1 rings (SSSR count). The van der Waals surface area contributed by atoms with Crippen molar-refractivity contribution in [2.24, 2.45) is 0 Å². The summed E-state index contributed by atoms with van der Waals surface area (Å²) >= 11 is 1.38. The third-order valence-corrected chi connectivity index (χ3v) is 2.05. The summed E-state index contributed by atoms with van der Waals surface area (Å²) in [5, 5.41) is 0. The van der Waals surface area contributed by atoms with E-state index in [1.54, 1.807) is 13.3 Å². The Bertz CT molecular complexity index is 221. The molecule has 0 amide bonds. The number of hydrogen-bond acceptors (Lipinski definition) is 5. The summed E-state index contributed by atoms with van der Waals surface area (Å²) in [6.45, 7) is 1.23. The first-order chi connectivity index (χ1) is 6.43. The molecule has 1 aromatic rings. The van der Waals surface area contributed by atoms with Crippen LogP contribution in [0.2, 0.25) is 0 Å². The summed E-state index contributed by atoms with van der Waals surface area (Å²) in [4.78, 5) is 7.88. The third-order valence-electron chi connectivity index (χ3n) is 1.30. The molecule has 0 saturated heterocycles. The lowest BCUT2D eigenvalue weighted by Gasteiger charge is -2.00. The number of aromatic nitrogens is 2. The fraction of sp³-hybridized carbons (Fsp3) is 0.500. The molecule has 13 heavy (non-hydrogen) atoms. The minimum absolute atomic E-state index is 0.603. The van der Waals surface area contributed by atoms with E-state index in [0.29, 0.717) is 13.2 Å². The summed E-state index contributed by atoms with van der Waals surface area (Å²) < 4.78 is 10.0. The Hall–Kier alpha value is -0.650. The molecule has 0 saturated carbocycles. The molecule has 0 bridgehead atoms. The number of methoxy groups -OCH3 is 1. The van der Waals surface area contributed by atoms with Crippen LogP contribution in [0.1, 0.15) is 5.69 Å². The molecule has 0 atom stereocenters. The average molecular weight is 200 g/mol. The Morgan fingerprint density at radius 2 is 2.38 bits per heavy atom. The van der Waals surface area contributed by atoms with E-state index in [4.69, 9.17) is 8.92 Å². The largest absolute Gasteiger partial charge is 0.382 e. The molecule has 1 aromatic heterocycles. The van der Waals surface area contributed by atoms with E-state index >= 15 is 0 Å². The first-order valence-corrected chi connectivity index (χ1v) is 4.83. The van der Waals surface area contributed by atoms with Crippen LogP contribution < -0.4 is 0 Å². The molecule has 0 radical (unpaired) electrons. The highest BCUT2D eigenvalue weighted by atomic mass is 32.2. The van der Waals surface area contributed by atoms with Gasteiger partial charge in [0.2, 0.25) is 0 Å². The Labute approximate surface area is 81.9 Å². The van der Waals surface area contributed by atoms with E-state index in [9.17, 15) is 0 Å². The minimum atomic E-state index is 0.603. The Kier molecular flexibility index (Phi) is 5.47. The molecule has 0 aliphatic rings. The molecule has 0 fully saturated rings. The molecule has 1 heterocycles. The van der Waals surface area contributed by atoms with Crippen molar-refractivity contribution >= 4 is 12.0 Å². The summed E-state index contributed by atoms with van der Waals surface area (Å²) in [6.07, 6.45) is 3.25. The van der Waals surface area contributed by atoms with Gasteiger partial charge < -0.3 is 8.92 Å². The van der Waals surface area contributed by atoms with Crippen LogP contribution in [0.4, 0.5) is 0 Å². The smallest absolute Gasteiger partial charge is 0.115 e. The van der Waals surface area contributed by atoms with Crippen molar-refractivity contribution in [2.45, 2.75) is 5.75 Å². The van der Waals surface area contributed by atoms with E-state index in [2.05, 4.69) is 9.97 Å². The molecular formula is C8H12N2O2S. The van der Waals surface area contributed by atoms with Crippen molar-refractivity contribution in [2.75, 3.05) is 20.3 Å². The highest BCUT2D eigenvalue weighted by molar-refractivity contribution is 7.93. The fourth-order valence-electron chi connectivity index (χ4n) is 0.682. The zero-order valence-corrected chi connectivity index (χ0v) is 8.29. The Balaban J connectivity index is 2.07. The van der Waals surface area contributed by atoms with E-state index in [-0.39, 0.29) is 0 Å². The standard InChI is InChI=1S/C8H12N2O2S/c1-11-4-5-12-13-6-8-2-3-9-7-10-8/h2-3,7H,4-6H2,1H3. The van der Waals surface area contributed by atoms with Gasteiger partial charge in [0.25, 0.3) is 0 Å². The summed E-state index contributed by atoms with van der Waals surface area (Å²) in [5.41, 5.74) is 0.970. The van der Waals surface area contributed by atoms with Crippen LogP contribution >= 0.6 is 12.0 Å². The average Bonchev–Trinajstić information content (AvgIpc) is 2.19. The second kappa shape index (κ2) is 6.82. The lowest BCUT2D eigenvalue weighted by molar-refractivity contribution is 0.157. The molecule has 0 aliphatic heterocycles. The van der Waals surface area contributed by atoms with Crippen LogP contribution in [-0.4, -0.2) is 30.3 Å². The van der Waals surface area contributed by atoms with Gasteiger partial charge in [0.15, 0.2) is 0 Å². The van der Waals surface area contributed by atoms with Gasteiger partial charge in [0.1, 0.15) is 6.33 Å². The summed E-state index contributed by atoms with van der Waals surface area (Å²) in [6, 6.07) is 1.87. The van der Waals surface area contributed by atoms with Crippen molar-refractivity contribution in [3.8, 4) is 0 Å². The van der Waals surface area contributed by atoms with Crippen LogP contribution in [0, 0.1) is 0 Å². The maximum Gasteiger partial charge on any atom is 0.115 e. The van der Waals surface area contributed by atoms with E-state index in [1.807, 2.05) is 6.07 Å². The highest BCUT2D eigenvalue weighted by Gasteiger charge is 1.94. The van der Waals surface area contributed by atoms with Crippen molar-refractivity contribution in [1.29, 1.82) is 0 Å². The van der Waals surface area contributed by atoms with Crippen LogP contribution in [0.15, 0.2) is 18.6 Å². The van der Waals surface area contributed by atoms with Gasteiger partial charge in [0, 0.05) is 13.3 Å². The van der Waals surface area contributed by atoms with Crippen LogP contribution in [0.25, 0.3) is 0 Å². The predicted octanol–water partition coefficient (Wildman–Crippen LogP) is 1.29. The van der Waals surface area contributed by atoms with Crippen molar-refractivity contribution in [1.82, 2.24) is 9.97 Å². The number of rotatable bonds is 6. The van der Waals surface area contributed by atoms with Crippen LogP contribution in [0.3, 0.4) is 0 Å². The predicted molar refractivity (Wildman–Crippen MR) is 51.2 cm³/mol. The molecule has 0 spiro atoms. The van der Waals surface area contributed by atoms with Gasteiger partial charge in [-0.15, -0.1) is 0 Å². The van der Waals surface area contributed by atoms with Gasteiger partial charge in [-0.1, -0.05) is 0 Å². The monoisotopic (exact) mass is 200 g/mol. The second-order valence-electron chi connectivity index (χ2n) is 2.28. The molecule has 0 unspecified atom stereocenters. The van der Waals surface area contributed by atoms with E-state index < -0.39 is 0 Å². The minimum Gasteiger partial charge on any atom is -0.382 e. The Morgan fingerprint density at radius 3 is 3.08 bits per heavy atom. The lowest BCUT2D eigenvalue weighted by Crippen LogP contribution is -1.97. The maximum atomic E-state index is 5.21. The van der Waals surface area contributed by atoms with Gasteiger partial charge in [-0.2, -0.15) is 0 Å². The van der Waals surface area contributed by atoms with Crippen LogP contribution in [-0.2, 0) is 14.7 Å². The lowest BCUT2D eigenvalue weighted by atomic mass is 10.5. The number of nitrogens with zero attached hydrogens (tertiary/aromatic N) is 2. The van der Waals surface area contributed by atoms with Gasteiger partial charge in [0.05, 0.1) is 24.7 Å². The zero-order chi connectivity index (χ0) is 9.36. The van der Waals surface area contributed by atoms with Crippen molar-refractivity contribution < 1.29 is 8.92 Å². The fourth-order valence-corrected chi connectivity index (χ4v) is 1.24. The first-order valence-electron chi connectivity index (χ1n) is 3.91. The third kappa shape index (κ3) is 4.82. The second-order valence-corrected chi connectivity index (χ2v) is 3.04. The number of ether oxygens (including phenoxy) is 1. The maximum absolute atomic E-state index is 5.21. The summed E-state index contributed by atoms with van der Waals surface area (Å²) in [5.74, 6) is 0.742. The molecule has 5 heteroatoms. The van der Waals surface area contributed by atoms with Gasteiger partial charge >= 0.3 is 0 Å². The first kappa shape index (κ1) is 10.4. The molecule has 0 aromatic carbocycles. The van der Waals surface area contributed by atoms with Gasteiger partial charge in [-0.05, 0) is 18.1 Å². The van der Waals surface area contributed by atoms with E-state index in [0.717, 1.165) is 11.4 Å². The zero-order valence-electron chi connectivity index (χ0n) is 7.47. The SMILES string of the molecule is COCCOSCc1ccncn1. The number of hydrogen-bond donors (Lipinski definition) is 0. The highest BCUT2D eigenvalue weighted by Crippen LogP contribution is 2.09. The van der Waals surface area contributed by atoms with Gasteiger partial charge in [-0.25, -0.2) is 9.97 Å². The van der Waals surface area contributed by atoms with Gasteiger partial charge in [-0.3, -0.25) is 0 Å². The van der Waals surface area contributed by atoms with E-state index in [1.165, 1.54) is 18.4 Å². The molecule has 0 N–H and O–H groups in total. The van der Waals surface area contributed by atoms with Crippen molar-refractivity contribution in [3.63, 3.8) is 0 Å².